The molecule has 0 saturated carbocycles. The Morgan fingerprint density at radius 3 is 1.53 bits per heavy atom. The number of carbonyl (C=O) groups excluding carboxylic acids is 5. The average Bonchev–Trinajstić information content (AvgIpc) is 3.13. The molecule has 0 aromatic heterocycles. The van der Waals surface area contributed by atoms with Crippen LogP contribution >= 0.6 is 11.8 Å². The van der Waals surface area contributed by atoms with Crippen molar-refractivity contribution in [2.45, 2.75) is 102 Å². The first-order valence-electron chi connectivity index (χ1n) is 18.3. The number of hydrogen-bond donors (Lipinski definition) is 8. The summed E-state index contributed by atoms with van der Waals surface area (Å²) in [7, 11) is 0. The summed E-state index contributed by atoms with van der Waals surface area (Å²) >= 11 is 1.44. The second-order valence-electron chi connectivity index (χ2n) is 14.1. The smallest absolute Gasteiger partial charge is 0.326 e. The monoisotopic (exact) mass is 784 g/mol. The Morgan fingerprint density at radius 1 is 0.618 bits per heavy atom. The van der Waals surface area contributed by atoms with Crippen molar-refractivity contribution in [3.8, 4) is 0 Å². The van der Waals surface area contributed by atoms with Crippen molar-refractivity contribution >= 4 is 53.2 Å². The highest BCUT2D eigenvalue weighted by molar-refractivity contribution is 7.98. The highest BCUT2D eigenvalue weighted by atomic mass is 32.2. The Balaban J connectivity index is 2.36. The van der Waals surface area contributed by atoms with Crippen LogP contribution < -0.4 is 32.3 Å². The molecule has 0 fully saturated rings. The maximum absolute atomic E-state index is 14.0. The number of carboxylic acids is 2. The van der Waals surface area contributed by atoms with Crippen molar-refractivity contribution in [2.24, 2.45) is 17.6 Å². The molecule has 2 aromatic rings. The van der Waals surface area contributed by atoms with Crippen molar-refractivity contribution in [1.29, 1.82) is 0 Å². The van der Waals surface area contributed by atoms with E-state index in [0.29, 0.717) is 16.9 Å². The molecule has 6 atom stereocenters. The lowest BCUT2D eigenvalue weighted by Gasteiger charge is -2.29. The van der Waals surface area contributed by atoms with E-state index in [1.54, 1.807) is 74.5 Å². The Labute approximate surface area is 326 Å². The van der Waals surface area contributed by atoms with Gasteiger partial charge in [-0.3, -0.25) is 28.8 Å². The van der Waals surface area contributed by atoms with Crippen molar-refractivity contribution < 1.29 is 43.8 Å². The number of aliphatic carboxylic acids is 2. The van der Waals surface area contributed by atoms with E-state index in [1.807, 2.05) is 20.1 Å². The van der Waals surface area contributed by atoms with Crippen LogP contribution in [-0.4, -0.2) is 99.9 Å². The molecule has 0 aliphatic rings. The lowest BCUT2D eigenvalue weighted by molar-refractivity contribution is -0.142. The highest BCUT2D eigenvalue weighted by Crippen LogP contribution is 2.12. The predicted molar refractivity (Wildman–Crippen MR) is 210 cm³/mol. The fraction of sp³-hybridized carbons (Fsp3) is 0.513. The van der Waals surface area contributed by atoms with Gasteiger partial charge in [0.2, 0.25) is 29.5 Å². The zero-order chi connectivity index (χ0) is 41.1. The summed E-state index contributed by atoms with van der Waals surface area (Å²) in [5.74, 6) is -5.88. The normalized spacial score (nSPS) is 14.4. The lowest BCUT2D eigenvalue weighted by Crippen LogP contribution is -2.61. The maximum atomic E-state index is 14.0. The summed E-state index contributed by atoms with van der Waals surface area (Å²) in [5, 5.41) is 32.0. The lowest BCUT2D eigenvalue weighted by atomic mass is 9.98. The summed E-state index contributed by atoms with van der Waals surface area (Å²) < 4.78 is 0. The molecule has 9 N–H and O–H groups in total. The average molecular weight is 785 g/mol. The minimum absolute atomic E-state index is 0.0274. The molecule has 0 bridgehead atoms. The van der Waals surface area contributed by atoms with Gasteiger partial charge in [-0.05, 0) is 54.2 Å². The van der Waals surface area contributed by atoms with Gasteiger partial charge < -0.3 is 42.5 Å². The third-order valence-corrected chi connectivity index (χ3v) is 9.29. The van der Waals surface area contributed by atoms with Gasteiger partial charge in [0, 0.05) is 19.3 Å². The van der Waals surface area contributed by atoms with E-state index in [0.717, 1.165) is 0 Å². The van der Waals surface area contributed by atoms with Crippen molar-refractivity contribution in [3.63, 3.8) is 0 Å². The molecule has 0 saturated heterocycles. The minimum Gasteiger partial charge on any atom is -0.481 e. The van der Waals surface area contributed by atoms with Crippen molar-refractivity contribution in [2.75, 3.05) is 12.0 Å². The molecule has 0 spiro atoms. The van der Waals surface area contributed by atoms with Crippen molar-refractivity contribution in [1.82, 2.24) is 26.6 Å². The molecule has 0 aliphatic carbocycles. The van der Waals surface area contributed by atoms with Gasteiger partial charge >= 0.3 is 11.9 Å². The zero-order valence-corrected chi connectivity index (χ0v) is 32.9. The summed E-state index contributed by atoms with van der Waals surface area (Å²) in [6, 6.07) is 10.7. The third-order valence-electron chi connectivity index (χ3n) is 8.65. The van der Waals surface area contributed by atoms with Crippen LogP contribution in [-0.2, 0) is 46.4 Å². The second-order valence-corrected chi connectivity index (χ2v) is 15.1. The first-order chi connectivity index (χ1) is 26.0. The number of nitrogens with two attached hydrogens (primary N) is 1. The highest BCUT2D eigenvalue weighted by Gasteiger charge is 2.34. The molecule has 15 nitrogen and oxygen atoms in total. The molecule has 16 heteroatoms. The summed E-state index contributed by atoms with van der Waals surface area (Å²) in [5.41, 5.74) is 7.33. The minimum atomic E-state index is -1.21. The molecule has 55 heavy (non-hydrogen) atoms. The van der Waals surface area contributed by atoms with E-state index < -0.39 is 83.6 Å². The quantitative estimate of drug-likeness (QED) is 0.0760. The molecule has 5 amide bonds. The van der Waals surface area contributed by atoms with E-state index in [9.17, 15) is 38.7 Å². The van der Waals surface area contributed by atoms with Gasteiger partial charge in [-0.2, -0.15) is 11.8 Å². The molecular formula is C39H56N6O9S. The van der Waals surface area contributed by atoms with E-state index in [1.165, 1.54) is 11.8 Å². The Bertz CT molecular complexity index is 1580. The van der Waals surface area contributed by atoms with Gasteiger partial charge in [0.1, 0.15) is 30.2 Å². The predicted octanol–water partition coefficient (Wildman–Crippen LogP) is 1.63. The second kappa shape index (κ2) is 23.7. The Kier molecular flexibility index (Phi) is 19.9. The Hall–Kier alpha value is -4.96. The number of rotatable bonds is 24. The van der Waals surface area contributed by atoms with Crippen LogP contribution in [0.1, 0.15) is 64.5 Å². The summed E-state index contributed by atoms with van der Waals surface area (Å²) in [6.07, 6.45) is 1.77. The molecular weight excluding hydrogens is 729 g/mol. The van der Waals surface area contributed by atoms with Gasteiger partial charge in [-0.1, -0.05) is 88.4 Å². The summed E-state index contributed by atoms with van der Waals surface area (Å²) in [4.78, 5) is 91.0. The third kappa shape index (κ3) is 16.9. The zero-order valence-electron chi connectivity index (χ0n) is 32.1. The first-order valence-corrected chi connectivity index (χ1v) is 19.7. The first kappa shape index (κ1) is 46.2. The van der Waals surface area contributed by atoms with Crippen LogP contribution in [0, 0.1) is 11.8 Å². The number of carboxylic acid groups (broad SMARTS) is 2. The SMILES string of the molecule is CSCC[C@H](NC(=O)[C@H](CC(C)C)NC(=O)[C@H](Cc1ccccc1)NC(=O)[C@@H](NC(=O)[C@H](Cc1ccccc1)NC(=O)[C@@H](N)CCC(=O)O)C(C)C)C(=O)O. The van der Waals surface area contributed by atoms with Crippen LogP contribution in [0.4, 0.5) is 0 Å². The maximum Gasteiger partial charge on any atom is 0.326 e. The number of thioether (sulfide) groups is 1. The summed E-state index contributed by atoms with van der Waals surface area (Å²) in [6.45, 7) is 7.10. The fourth-order valence-corrected chi connectivity index (χ4v) is 6.07. The van der Waals surface area contributed by atoms with Gasteiger partial charge in [0.05, 0.1) is 6.04 Å². The van der Waals surface area contributed by atoms with E-state index in [-0.39, 0.29) is 44.4 Å². The fourth-order valence-electron chi connectivity index (χ4n) is 5.60. The van der Waals surface area contributed by atoms with Gasteiger partial charge in [0.15, 0.2) is 0 Å². The van der Waals surface area contributed by atoms with Crippen LogP contribution in [0.5, 0.6) is 0 Å². The molecule has 302 valence electrons. The van der Waals surface area contributed by atoms with E-state index in [4.69, 9.17) is 10.8 Å². The van der Waals surface area contributed by atoms with E-state index >= 15 is 0 Å². The van der Waals surface area contributed by atoms with Gasteiger partial charge in [-0.25, -0.2) is 4.79 Å². The van der Waals surface area contributed by atoms with Crippen LogP contribution in [0.15, 0.2) is 60.7 Å². The molecule has 2 rings (SSSR count). The largest absolute Gasteiger partial charge is 0.481 e. The topological polar surface area (TPSA) is 246 Å². The number of carbonyl (C=O) groups is 7. The van der Waals surface area contributed by atoms with Crippen molar-refractivity contribution in [3.05, 3.63) is 71.8 Å². The van der Waals surface area contributed by atoms with Crippen LogP contribution in [0.3, 0.4) is 0 Å². The number of hydrogen-bond acceptors (Lipinski definition) is 9. The number of amides is 5. The Morgan fingerprint density at radius 2 is 1.07 bits per heavy atom. The van der Waals surface area contributed by atoms with E-state index in [2.05, 4.69) is 26.6 Å². The number of nitrogens with one attached hydrogen (secondary N) is 5. The molecule has 2 aromatic carbocycles. The molecule has 0 heterocycles. The molecule has 0 radical (unpaired) electrons. The molecule has 0 aliphatic heterocycles. The number of benzene rings is 2. The standard InChI is InChI=1S/C39H56N6O9S/c1-23(2)20-29(35(49)41-28(39(53)54)18-19-55-5)43-36(50)30(21-25-12-8-6-9-13-25)44-38(52)33(24(3)4)45-37(51)31(22-26-14-10-7-11-15-26)42-34(48)27(40)16-17-32(46)47/h6-15,23-24,27-31,33H,16-22,40H2,1-5H3,(H,41,49)(H,42,48)(H,43,50)(H,44,52)(H,45,51)(H,46,47)(H,53,54)/t27-,28-,29-,30-,31-,33-/m0/s1. The van der Waals surface area contributed by atoms with Gasteiger partial charge in [-0.15, -0.1) is 0 Å². The van der Waals surface area contributed by atoms with Crippen LogP contribution in [0.25, 0.3) is 0 Å². The molecule has 0 unspecified atom stereocenters. The van der Waals surface area contributed by atoms with Gasteiger partial charge in [0.25, 0.3) is 0 Å². The van der Waals surface area contributed by atoms with Crippen LogP contribution in [0.2, 0.25) is 0 Å².